The maximum Gasteiger partial charge on any atom is 0.273 e. The van der Waals surface area contributed by atoms with Crippen molar-refractivity contribution >= 4 is 39.4 Å². The Bertz CT molecular complexity index is 1370. The monoisotopic (exact) mass is 438 g/mol. The second-order valence-corrected chi connectivity index (χ2v) is 9.22. The summed E-state index contributed by atoms with van der Waals surface area (Å²) in [5, 5.41) is 4.55. The number of rotatable bonds is 4. The van der Waals surface area contributed by atoms with Gasteiger partial charge in [0.15, 0.2) is 0 Å². The molecule has 1 amide bonds. The summed E-state index contributed by atoms with van der Waals surface area (Å²) in [5.41, 5.74) is 9.85. The van der Waals surface area contributed by atoms with Crippen molar-refractivity contribution in [2.75, 3.05) is 18.4 Å². The van der Waals surface area contributed by atoms with Gasteiger partial charge in [0.2, 0.25) is 0 Å². The van der Waals surface area contributed by atoms with Gasteiger partial charge in [-0.1, -0.05) is 36.4 Å². The molecule has 1 aliphatic heterocycles. The number of nitrogens with one attached hydrogen (secondary N) is 1. The molecule has 4 aromatic rings. The van der Waals surface area contributed by atoms with Crippen molar-refractivity contribution < 1.29 is 4.79 Å². The minimum absolute atomic E-state index is 0.0331. The summed E-state index contributed by atoms with van der Waals surface area (Å²) in [7, 11) is 0. The average molecular weight is 439 g/mol. The Morgan fingerprint density at radius 1 is 1.09 bits per heavy atom. The fourth-order valence-corrected chi connectivity index (χ4v) is 5.46. The number of benzene rings is 2. The molecule has 0 radical (unpaired) electrons. The van der Waals surface area contributed by atoms with E-state index in [1.165, 1.54) is 33.6 Å². The molecular formula is C26H22N4OS. The Labute approximate surface area is 190 Å². The van der Waals surface area contributed by atoms with E-state index >= 15 is 0 Å². The SMILES string of the molecule is O=C(c1ncsc1CNc1ccc2cccnc2c1)N1CCC2=C(Cc3ccccc32)C1. The summed E-state index contributed by atoms with van der Waals surface area (Å²) >= 11 is 1.53. The fraction of sp³-hybridized carbons (Fsp3) is 0.192. The first-order valence-electron chi connectivity index (χ1n) is 10.9. The van der Waals surface area contributed by atoms with Crippen molar-refractivity contribution in [2.24, 2.45) is 0 Å². The predicted molar refractivity (Wildman–Crippen MR) is 129 cm³/mol. The van der Waals surface area contributed by atoms with Gasteiger partial charge >= 0.3 is 0 Å². The van der Waals surface area contributed by atoms with Crippen molar-refractivity contribution in [2.45, 2.75) is 19.4 Å². The number of aromatic nitrogens is 2. The van der Waals surface area contributed by atoms with Crippen LogP contribution < -0.4 is 5.32 Å². The number of carbonyl (C=O) groups excluding carboxylic acids is 1. The molecule has 0 atom stereocenters. The van der Waals surface area contributed by atoms with Crippen LogP contribution in [0.5, 0.6) is 0 Å². The van der Waals surface area contributed by atoms with Gasteiger partial charge in [-0.2, -0.15) is 0 Å². The van der Waals surface area contributed by atoms with Gasteiger partial charge in [0.05, 0.1) is 22.4 Å². The largest absolute Gasteiger partial charge is 0.380 e. The van der Waals surface area contributed by atoms with Crippen LogP contribution in [0.1, 0.15) is 32.9 Å². The van der Waals surface area contributed by atoms with Gasteiger partial charge in [0, 0.05) is 30.4 Å². The van der Waals surface area contributed by atoms with Crippen molar-refractivity contribution in [3.8, 4) is 0 Å². The molecule has 158 valence electrons. The molecule has 2 aromatic heterocycles. The summed E-state index contributed by atoms with van der Waals surface area (Å²) in [5.74, 6) is 0.0331. The van der Waals surface area contributed by atoms with Crippen molar-refractivity contribution in [1.29, 1.82) is 0 Å². The maximum absolute atomic E-state index is 13.3. The second-order valence-electron chi connectivity index (χ2n) is 8.28. The Balaban J connectivity index is 1.17. The highest BCUT2D eigenvalue weighted by molar-refractivity contribution is 7.09. The summed E-state index contributed by atoms with van der Waals surface area (Å²) in [6.45, 7) is 2.01. The molecule has 0 unspecified atom stereocenters. The van der Waals surface area contributed by atoms with Crippen LogP contribution in [-0.2, 0) is 13.0 Å². The summed E-state index contributed by atoms with van der Waals surface area (Å²) in [6.07, 6.45) is 3.67. The van der Waals surface area contributed by atoms with E-state index in [-0.39, 0.29) is 5.91 Å². The number of fused-ring (bicyclic) bond motifs is 3. The number of carbonyl (C=O) groups is 1. The Morgan fingerprint density at radius 2 is 2.03 bits per heavy atom. The Kier molecular flexibility index (Phi) is 4.72. The summed E-state index contributed by atoms with van der Waals surface area (Å²) in [6, 6.07) is 18.7. The third kappa shape index (κ3) is 3.37. The lowest BCUT2D eigenvalue weighted by atomic mass is 9.99. The van der Waals surface area contributed by atoms with Crippen molar-refractivity contribution in [3.63, 3.8) is 0 Å². The van der Waals surface area contributed by atoms with Gasteiger partial charge in [-0.15, -0.1) is 11.3 Å². The first-order chi connectivity index (χ1) is 15.8. The lowest BCUT2D eigenvalue weighted by Crippen LogP contribution is -2.37. The van der Waals surface area contributed by atoms with E-state index in [0.717, 1.165) is 40.9 Å². The number of pyridine rings is 1. The molecule has 0 saturated heterocycles. The van der Waals surface area contributed by atoms with Gasteiger partial charge in [0.25, 0.3) is 5.91 Å². The maximum atomic E-state index is 13.3. The minimum atomic E-state index is 0.0331. The third-order valence-electron chi connectivity index (χ3n) is 6.38. The van der Waals surface area contributed by atoms with Gasteiger partial charge in [-0.3, -0.25) is 9.78 Å². The number of hydrogen-bond acceptors (Lipinski definition) is 5. The van der Waals surface area contributed by atoms with E-state index in [4.69, 9.17) is 0 Å². The molecular weight excluding hydrogens is 416 g/mol. The van der Waals surface area contributed by atoms with E-state index in [2.05, 4.69) is 51.7 Å². The molecule has 1 N–H and O–H groups in total. The number of thiazole rings is 1. The smallest absolute Gasteiger partial charge is 0.273 e. The van der Waals surface area contributed by atoms with Gasteiger partial charge in [0.1, 0.15) is 5.69 Å². The molecule has 0 bridgehead atoms. The van der Waals surface area contributed by atoms with Crippen LogP contribution in [-0.4, -0.2) is 33.9 Å². The molecule has 0 spiro atoms. The van der Waals surface area contributed by atoms with Crippen LogP contribution in [0, 0.1) is 0 Å². The Hall–Kier alpha value is -3.51. The minimum Gasteiger partial charge on any atom is -0.380 e. The van der Waals surface area contributed by atoms with Crippen LogP contribution in [0.15, 0.2) is 71.9 Å². The van der Waals surface area contributed by atoms with Crippen molar-refractivity contribution in [1.82, 2.24) is 14.9 Å². The van der Waals surface area contributed by atoms with Crippen molar-refractivity contribution in [3.05, 3.63) is 93.6 Å². The third-order valence-corrected chi connectivity index (χ3v) is 7.21. The van der Waals surface area contributed by atoms with Crippen LogP contribution in [0.25, 0.3) is 16.5 Å². The van der Waals surface area contributed by atoms with Gasteiger partial charge < -0.3 is 10.2 Å². The normalized spacial score (nSPS) is 15.1. The lowest BCUT2D eigenvalue weighted by molar-refractivity contribution is 0.0761. The molecule has 5 nitrogen and oxygen atoms in total. The van der Waals surface area contributed by atoms with Gasteiger partial charge in [-0.25, -0.2) is 4.98 Å². The molecule has 6 heteroatoms. The van der Waals surface area contributed by atoms with Crippen LogP contribution >= 0.6 is 11.3 Å². The van der Waals surface area contributed by atoms with Crippen LogP contribution in [0.2, 0.25) is 0 Å². The molecule has 3 heterocycles. The zero-order valence-corrected chi connectivity index (χ0v) is 18.4. The standard InChI is InChI=1S/C26H22N4OS/c31-26(30-11-9-22-19(15-30)12-18-4-1-2-6-21(18)22)25-24(32-16-29-25)14-28-20-8-7-17-5-3-10-27-23(17)13-20/h1-8,10,13,16,28H,9,11-12,14-15H2. The van der Waals surface area contributed by atoms with E-state index < -0.39 is 0 Å². The number of nitrogens with zero attached hydrogens (tertiary/aromatic N) is 3. The molecule has 0 fully saturated rings. The predicted octanol–water partition coefficient (Wildman–Crippen LogP) is 5.16. The molecule has 1 aliphatic carbocycles. The zero-order valence-electron chi connectivity index (χ0n) is 17.5. The van der Waals surface area contributed by atoms with Crippen LogP contribution in [0.4, 0.5) is 5.69 Å². The second kappa shape index (κ2) is 7.88. The summed E-state index contributed by atoms with van der Waals surface area (Å²) < 4.78 is 0. The summed E-state index contributed by atoms with van der Waals surface area (Å²) in [4.78, 5) is 25.1. The first-order valence-corrected chi connectivity index (χ1v) is 11.7. The first kappa shape index (κ1) is 19.2. The highest BCUT2D eigenvalue weighted by Gasteiger charge is 2.30. The average Bonchev–Trinajstić information content (AvgIpc) is 3.46. The van der Waals surface area contributed by atoms with E-state index in [1.807, 2.05) is 23.1 Å². The van der Waals surface area contributed by atoms with Crippen LogP contribution in [0.3, 0.4) is 0 Å². The molecule has 2 aliphatic rings. The molecule has 0 saturated carbocycles. The van der Waals surface area contributed by atoms with E-state index in [1.54, 1.807) is 11.7 Å². The highest BCUT2D eigenvalue weighted by Crippen LogP contribution is 2.38. The fourth-order valence-electron chi connectivity index (χ4n) is 4.77. The lowest BCUT2D eigenvalue weighted by Gasteiger charge is -2.28. The molecule has 6 rings (SSSR count). The van der Waals surface area contributed by atoms with E-state index in [0.29, 0.717) is 18.8 Å². The Morgan fingerprint density at radius 3 is 3.00 bits per heavy atom. The number of hydrogen-bond donors (Lipinski definition) is 1. The molecule has 32 heavy (non-hydrogen) atoms. The number of anilines is 1. The zero-order chi connectivity index (χ0) is 21.5. The quantitative estimate of drug-likeness (QED) is 0.478. The molecule has 2 aromatic carbocycles. The van der Waals surface area contributed by atoms with Gasteiger partial charge in [-0.05, 0) is 53.3 Å². The van der Waals surface area contributed by atoms with E-state index in [9.17, 15) is 4.79 Å². The highest BCUT2D eigenvalue weighted by atomic mass is 32.1. The number of amides is 1. The topological polar surface area (TPSA) is 58.1 Å².